The standard InChI is InChI=1S/C10H14ClNO/c1-7-2-3-8(9(11)6-7)10(13)4-5-12/h2-3,6,10,13H,4-5,12H2,1H3/t10-/m0/s1. The van der Waals surface area contributed by atoms with Crippen LogP contribution >= 0.6 is 11.6 Å². The van der Waals surface area contributed by atoms with Gasteiger partial charge in [-0.2, -0.15) is 0 Å². The number of rotatable bonds is 3. The van der Waals surface area contributed by atoms with E-state index >= 15 is 0 Å². The van der Waals surface area contributed by atoms with E-state index in [0.717, 1.165) is 11.1 Å². The van der Waals surface area contributed by atoms with Crippen LogP contribution in [-0.2, 0) is 0 Å². The van der Waals surface area contributed by atoms with Gasteiger partial charge in [-0.3, -0.25) is 0 Å². The number of hydrogen-bond acceptors (Lipinski definition) is 2. The summed E-state index contributed by atoms with van der Waals surface area (Å²) in [6, 6.07) is 5.62. The predicted molar refractivity (Wildman–Crippen MR) is 54.8 cm³/mol. The van der Waals surface area contributed by atoms with Crippen molar-refractivity contribution in [2.45, 2.75) is 19.4 Å². The van der Waals surface area contributed by atoms with Crippen molar-refractivity contribution in [3.05, 3.63) is 34.3 Å². The predicted octanol–water partition coefficient (Wildman–Crippen LogP) is 2.03. The fourth-order valence-electron chi connectivity index (χ4n) is 1.22. The molecule has 0 aliphatic heterocycles. The van der Waals surface area contributed by atoms with Crippen LogP contribution in [0.15, 0.2) is 18.2 Å². The van der Waals surface area contributed by atoms with Crippen molar-refractivity contribution in [2.75, 3.05) is 6.54 Å². The molecule has 0 bridgehead atoms. The van der Waals surface area contributed by atoms with Crippen LogP contribution in [0.5, 0.6) is 0 Å². The first-order valence-corrected chi connectivity index (χ1v) is 4.67. The monoisotopic (exact) mass is 199 g/mol. The van der Waals surface area contributed by atoms with E-state index in [0.29, 0.717) is 18.0 Å². The van der Waals surface area contributed by atoms with Crippen LogP contribution in [-0.4, -0.2) is 11.7 Å². The quantitative estimate of drug-likeness (QED) is 0.783. The molecule has 1 atom stereocenters. The molecule has 0 spiro atoms. The van der Waals surface area contributed by atoms with E-state index < -0.39 is 6.10 Å². The Balaban J connectivity index is 2.88. The van der Waals surface area contributed by atoms with Gasteiger partial charge in [0.25, 0.3) is 0 Å². The summed E-state index contributed by atoms with van der Waals surface area (Å²) < 4.78 is 0. The first-order valence-electron chi connectivity index (χ1n) is 4.29. The second-order valence-electron chi connectivity index (χ2n) is 3.12. The van der Waals surface area contributed by atoms with Crippen molar-refractivity contribution >= 4 is 11.6 Å². The van der Waals surface area contributed by atoms with Crippen LogP contribution in [0, 0.1) is 6.92 Å². The molecule has 1 rings (SSSR count). The minimum Gasteiger partial charge on any atom is -0.388 e. The topological polar surface area (TPSA) is 46.2 Å². The van der Waals surface area contributed by atoms with Crippen molar-refractivity contribution in [3.8, 4) is 0 Å². The maximum atomic E-state index is 9.63. The summed E-state index contributed by atoms with van der Waals surface area (Å²) in [4.78, 5) is 0. The van der Waals surface area contributed by atoms with Gasteiger partial charge in [0.15, 0.2) is 0 Å². The zero-order valence-electron chi connectivity index (χ0n) is 7.63. The second-order valence-corrected chi connectivity index (χ2v) is 3.53. The highest BCUT2D eigenvalue weighted by molar-refractivity contribution is 6.31. The fourth-order valence-corrected chi connectivity index (χ4v) is 1.58. The van der Waals surface area contributed by atoms with Crippen molar-refractivity contribution in [1.29, 1.82) is 0 Å². The first kappa shape index (κ1) is 10.5. The minimum atomic E-state index is -0.543. The molecular weight excluding hydrogens is 186 g/mol. The normalized spacial score (nSPS) is 12.9. The average Bonchev–Trinajstić information content (AvgIpc) is 2.04. The molecule has 0 aromatic heterocycles. The summed E-state index contributed by atoms with van der Waals surface area (Å²) in [5.74, 6) is 0. The molecule has 3 N–H and O–H groups in total. The molecule has 2 nitrogen and oxygen atoms in total. The molecule has 0 unspecified atom stereocenters. The fraction of sp³-hybridized carbons (Fsp3) is 0.400. The number of aliphatic hydroxyl groups excluding tert-OH is 1. The number of hydrogen-bond donors (Lipinski definition) is 2. The summed E-state index contributed by atoms with van der Waals surface area (Å²) in [6.45, 7) is 2.43. The Hall–Kier alpha value is -0.570. The molecule has 0 saturated carbocycles. The molecule has 0 aliphatic carbocycles. The van der Waals surface area contributed by atoms with Crippen molar-refractivity contribution in [3.63, 3.8) is 0 Å². The molecule has 0 amide bonds. The highest BCUT2D eigenvalue weighted by Crippen LogP contribution is 2.25. The Kier molecular flexibility index (Phi) is 3.72. The van der Waals surface area contributed by atoms with Crippen LogP contribution in [0.1, 0.15) is 23.7 Å². The van der Waals surface area contributed by atoms with Crippen LogP contribution in [0.4, 0.5) is 0 Å². The zero-order chi connectivity index (χ0) is 9.84. The molecule has 13 heavy (non-hydrogen) atoms. The molecule has 1 aromatic rings. The Labute approximate surface area is 83.3 Å². The molecule has 0 fully saturated rings. The summed E-state index contributed by atoms with van der Waals surface area (Å²) in [5, 5.41) is 10.2. The number of aliphatic hydroxyl groups is 1. The van der Waals surface area contributed by atoms with E-state index in [1.165, 1.54) is 0 Å². The van der Waals surface area contributed by atoms with E-state index in [1.54, 1.807) is 0 Å². The van der Waals surface area contributed by atoms with Crippen molar-refractivity contribution < 1.29 is 5.11 Å². The average molecular weight is 200 g/mol. The largest absolute Gasteiger partial charge is 0.388 e. The molecule has 0 saturated heterocycles. The Morgan fingerprint density at radius 1 is 1.54 bits per heavy atom. The number of aryl methyl sites for hydroxylation is 1. The van der Waals surface area contributed by atoms with Gasteiger partial charge in [-0.05, 0) is 37.1 Å². The molecule has 3 heteroatoms. The SMILES string of the molecule is Cc1ccc([C@@H](O)CCN)c(Cl)c1. The first-order chi connectivity index (χ1) is 6.15. The summed E-state index contributed by atoms with van der Waals surface area (Å²) in [7, 11) is 0. The highest BCUT2D eigenvalue weighted by Gasteiger charge is 2.09. The molecule has 0 aliphatic rings. The lowest BCUT2D eigenvalue weighted by atomic mass is 10.1. The smallest absolute Gasteiger partial charge is 0.0816 e. The van der Waals surface area contributed by atoms with Crippen LogP contribution in [0.2, 0.25) is 5.02 Å². The van der Waals surface area contributed by atoms with Gasteiger partial charge < -0.3 is 10.8 Å². The van der Waals surface area contributed by atoms with Gasteiger partial charge in [0, 0.05) is 5.02 Å². The van der Waals surface area contributed by atoms with Gasteiger partial charge >= 0.3 is 0 Å². The van der Waals surface area contributed by atoms with E-state index in [-0.39, 0.29) is 0 Å². The maximum Gasteiger partial charge on any atom is 0.0816 e. The Morgan fingerprint density at radius 3 is 2.77 bits per heavy atom. The second kappa shape index (κ2) is 4.61. The van der Waals surface area contributed by atoms with E-state index in [4.69, 9.17) is 17.3 Å². The van der Waals surface area contributed by atoms with Crippen LogP contribution < -0.4 is 5.73 Å². The number of nitrogens with two attached hydrogens (primary N) is 1. The van der Waals surface area contributed by atoms with Crippen molar-refractivity contribution in [1.82, 2.24) is 0 Å². The summed E-state index contributed by atoms with van der Waals surface area (Å²) in [5.41, 5.74) is 7.20. The highest BCUT2D eigenvalue weighted by atomic mass is 35.5. The van der Waals surface area contributed by atoms with Gasteiger partial charge in [-0.25, -0.2) is 0 Å². The van der Waals surface area contributed by atoms with Gasteiger partial charge in [0.1, 0.15) is 0 Å². The molecule has 72 valence electrons. The van der Waals surface area contributed by atoms with E-state index in [9.17, 15) is 5.11 Å². The molecule has 1 aromatic carbocycles. The maximum absolute atomic E-state index is 9.63. The third-order valence-corrected chi connectivity index (χ3v) is 2.28. The lowest BCUT2D eigenvalue weighted by molar-refractivity contribution is 0.170. The summed E-state index contributed by atoms with van der Waals surface area (Å²) in [6.07, 6.45) is 0.001000. The van der Waals surface area contributed by atoms with Gasteiger partial charge in [0.05, 0.1) is 6.10 Å². The van der Waals surface area contributed by atoms with Crippen LogP contribution in [0.3, 0.4) is 0 Å². The van der Waals surface area contributed by atoms with Gasteiger partial charge in [-0.1, -0.05) is 23.7 Å². The lowest BCUT2D eigenvalue weighted by Gasteiger charge is -2.11. The van der Waals surface area contributed by atoms with Gasteiger partial charge in [0.2, 0.25) is 0 Å². The number of benzene rings is 1. The van der Waals surface area contributed by atoms with Gasteiger partial charge in [-0.15, -0.1) is 0 Å². The zero-order valence-corrected chi connectivity index (χ0v) is 8.38. The minimum absolute atomic E-state index is 0.464. The van der Waals surface area contributed by atoms with Crippen LogP contribution in [0.25, 0.3) is 0 Å². The Morgan fingerprint density at radius 2 is 2.23 bits per heavy atom. The molecule has 0 heterocycles. The van der Waals surface area contributed by atoms with Crippen molar-refractivity contribution in [2.24, 2.45) is 5.73 Å². The lowest BCUT2D eigenvalue weighted by Crippen LogP contribution is -2.07. The molecule has 0 radical (unpaired) electrons. The van der Waals surface area contributed by atoms with E-state index in [1.807, 2.05) is 25.1 Å². The third-order valence-electron chi connectivity index (χ3n) is 1.96. The third kappa shape index (κ3) is 2.69. The Bertz CT molecular complexity index is 288. The molecular formula is C10H14ClNO. The number of halogens is 1. The summed E-state index contributed by atoms with van der Waals surface area (Å²) >= 11 is 5.96. The van der Waals surface area contributed by atoms with E-state index in [2.05, 4.69) is 0 Å².